The molecule has 1 heterocycles. The number of fused-ring (bicyclic) bond motifs is 1. The third-order valence-corrected chi connectivity index (χ3v) is 6.08. The van der Waals surface area contributed by atoms with Crippen molar-refractivity contribution in [1.29, 1.82) is 0 Å². The maximum absolute atomic E-state index is 12.7. The normalized spacial score (nSPS) is 11.5. The number of carbonyl (C=O) groups is 1. The second-order valence-electron chi connectivity index (χ2n) is 8.38. The van der Waals surface area contributed by atoms with Crippen molar-refractivity contribution in [3.63, 3.8) is 0 Å². The maximum atomic E-state index is 12.7. The summed E-state index contributed by atoms with van der Waals surface area (Å²) in [5.74, 6) is 1.42. The van der Waals surface area contributed by atoms with E-state index in [4.69, 9.17) is 13.9 Å². The molecule has 0 fully saturated rings. The van der Waals surface area contributed by atoms with Gasteiger partial charge >= 0.3 is 0 Å². The van der Waals surface area contributed by atoms with Crippen LogP contribution in [0.4, 0.5) is 0 Å². The Labute approximate surface area is 206 Å². The molecule has 5 nitrogen and oxygen atoms in total. The summed E-state index contributed by atoms with van der Waals surface area (Å²) in [6.45, 7) is 6.92. The predicted molar refractivity (Wildman–Crippen MR) is 141 cm³/mol. The first-order chi connectivity index (χ1) is 17.0. The maximum Gasteiger partial charge on any atom is 0.244 e. The lowest BCUT2D eigenvalue weighted by atomic mass is 9.96. The Morgan fingerprint density at radius 2 is 1.83 bits per heavy atom. The van der Waals surface area contributed by atoms with Crippen LogP contribution in [0.5, 0.6) is 11.5 Å². The van der Waals surface area contributed by atoms with Crippen LogP contribution in [0.2, 0.25) is 0 Å². The zero-order valence-corrected chi connectivity index (χ0v) is 20.7. The molecule has 1 aromatic heterocycles. The lowest BCUT2D eigenvalue weighted by molar-refractivity contribution is -0.116. The van der Waals surface area contributed by atoms with Crippen LogP contribution in [0.25, 0.3) is 27.7 Å². The summed E-state index contributed by atoms with van der Waals surface area (Å²) < 4.78 is 17.4. The van der Waals surface area contributed by atoms with Crippen molar-refractivity contribution in [3.05, 3.63) is 89.7 Å². The molecule has 180 valence electrons. The number of carbonyl (C=O) groups excluding carboxylic acids is 1. The Hall–Kier alpha value is -3.99. The molecule has 0 spiro atoms. The average molecular weight is 470 g/mol. The minimum atomic E-state index is -0.145. The summed E-state index contributed by atoms with van der Waals surface area (Å²) in [5, 5.41) is 3.99. The molecule has 0 bridgehead atoms. The van der Waals surface area contributed by atoms with E-state index in [0.29, 0.717) is 19.6 Å². The van der Waals surface area contributed by atoms with E-state index in [1.807, 2.05) is 63.2 Å². The number of aryl methyl sites for hydroxylation is 1. The van der Waals surface area contributed by atoms with Crippen LogP contribution in [0.3, 0.4) is 0 Å². The smallest absolute Gasteiger partial charge is 0.244 e. The number of hydrogen-bond donors (Lipinski definition) is 1. The van der Waals surface area contributed by atoms with Gasteiger partial charge in [0, 0.05) is 34.7 Å². The number of amides is 1. The molecule has 0 saturated carbocycles. The van der Waals surface area contributed by atoms with Gasteiger partial charge in [-0.1, -0.05) is 48.5 Å². The van der Waals surface area contributed by atoms with Gasteiger partial charge in [0.2, 0.25) is 5.91 Å². The molecule has 3 aromatic carbocycles. The number of para-hydroxylation sites is 1. The van der Waals surface area contributed by atoms with Gasteiger partial charge in [0.25, 0.3) is 0 Å². The molecular weight excluding hydrogens is 438 g/mol. The molecule has 5 heteroatoms. The molecule has 1 N–H and O–H groups in total. The molecule has 0 aliphatic rings. The van der Waals surface area contributed by atoms with Crippen molar-refractivity contribution in [3.8, 4) is 22.6 Å². The van der Waals surface area contributed by atoms with Gasteiger partial charge in [-0.2, -0.15) is 0 Å². The van der Waals surface area contributed by atoms with Crippen molar-refractivity contribution >= 4 is 22.4 Å². The van der Waals surface area contributed by atoms with Crippen LogP contribution >= 0.6 is 0 Å². The van der Waals surface area contributed by atoms with Crippen LogP contribution in [0.1, 0.15) is 30.5 Å². The first kappa shape index (κ1) is 24.1. The fourth-order valence-electron chi connectivity index (χ4n) is 4.34. The summed E-state index contributed by atoms with van der Waals surface area (Å²) in [6, 6.07) is 20.0. The topological polar surface area (TPSA) is 60.7 Å². The Balaban J connectivity index is 1.61. The summed E-state index contributed by atoms with van der Waals surface area (Å²) >= 11 is 0. The van der Waals surface area contributed by atoms with Gasteiger partial charge in [0.05, 0.1) is 20.0 Å². The molecule has 0 unspecified atom stereocenters. The highest BCUT2D eigenvalue weighted by atomic mass is 16.5. The van der Waals surface area contributed by atoms with Gasteiger partial charge in [-0.25, -0.2) is 0 Å². The zero-order chi connectivity index (χ0) is 24.8. The number of hydrogen-bond acceptors (Lipinski definition) is 4. The second-order valence-corrected chi connectivity index (χ2v) is 8.38. The second kappa shape index (κ2) is 11.0. The highest BCUT2D eigenvalue weighted by Gasteiger charge is 2.19. The van der Waals surface area contributed by atoms with Crippen LogP contribution < -0.4 is 14.8 Å². The molecule has 0 aliphatic carbocycles. The van der Waals surface area contributed by atoms with Crippen molar-refractivity contribution in [2.45, 2.75) is 27.2 Å². The number of nitrogens with one attached hydrogen (secondary N) is 1. The first-order valence-corrected chi connectivity index (χ1v) is 11.8. The zero-order valence-electron chi connectivity index (χ0n) is 20.7. The van der Waals surface area contributed by atoms with E-state index >= 15 is 0 Å². The highest BCUT2D eigenvalue weighted by Crippen LogP contribution is 2.40. The minimum absolute atomic E-state index is 0.145. The van der Waals surface area contributed by atoms with Crippen LogP contribution in [-0.2, 0) is 11.2 Å². The molecule has 4 rings (SSSR count). The third kappa shape index (κ3) is 5.24. The number of furan rings is 1. The van der Waals surface area contributed by atoms with Crippen molar-refractivity contribution in [2.75, 3.05) is 20.3 Å². The summed E-state index contributed by atoms with van der Waals surface area (Å²) in [5.41, 5.74) is 6.59. The number of benzene rings is 3. The van der Waals surface area contributed by atoms with Gasteiger partial charge in [0.15, 0.2) is 0 Å². The Morgan fingerprint density at radius 1 is 1.09 bits per heavy atom. The Kier molecular flexibility index (Phi) is 7.56. The van der Waals surface area contributed by atoms with Crippen molar-refractivity contribution in [1.82, 2.24) is 5.32 Å². The highest BCUT2D eigenvalue weighted by molar-refractivity contribution is 6.01. The Morgan fingerprint density at radius 3 is 2.57 bits per heavy atom. The predicted octanol–water partition coefficient (Wildman–Crippen LogP) is 6.58. The van der Waals surface area contributed by atoms with E-state index in [9.17, 15) is 4.79 Å². The summed E-state index contributed by atoms with van der Waals surface area (Å²) in [4.78, 5) is 12.7. The Bertz CT molecular complexity index is 1350. The largest absolute Gasteiger partial charge is 0.496 e. The average Bonchev–Trinajstić information content (AvgIpc) is 3.31. The van der Waals surface area contributed by atoms with Gasteiger partial charge in [0.1, 0.15) is 17.1 Å². The molecule has 4 aromatic rings. The molecule has 1 amide bonds. The van der Waals surface area contributed by atoms with E-state index in [1.165, 1.54) is 0 Å². The molecule has 35 heavy (non-hydrogen) atoms. The fraction of sp³-hybridized carbons (Fsp3) is 0.233. The number of ether oxygens (including phenoxy) is 2. The van der Waals surface area contributed by atoms with E-state index in [2.05, 4.69) is 23.5 Å². The van der Waals surface area contributed by atoms with E-state index in [-0.39, 0.29) is 5.91 Å². The van der Waals surface area contributed by atoms with Gasteiger partial charge in [-0.05, 0) is 56.0 Å². The van der Waals surface area contributed by atoms with Crippen molar-refractivity contribution < 1.29 is 18.7 Å². The van der Waals surface area contributed by atoms with Crippen LogP contribution in [0.15, 0.2) is 77.4 Å². The van der Waals surface area contributed by atoms with Crippen LogP contribution in [-0.4, -0.2) is 26.2 Å². The van der Waals surface area contributed by atoms with Crippen LogP contribution in [0, 0.1) is 6.92 Å². The number of methoxy groups -OCH3 is 1. The first-order valence-electron chi connectivity index (χ1n) is 11.8. The minimum Gasteiger partial charge on any atom is -0.496 e. The number of allylic oxidation sites excluding steroid dienone is 1. The molecule has 0 atom stereocenters. The third-order valence-electron chi connectivity index (χ3n) is 6.08. The molecular formula is C30H31NO4. The standard InChI is InChI=1S/C30H31NO4/c1-5-34-29-21(3)30-25(26(19-35-30)22-11-7-6-8-12-22)18-24(29)20(2)17-28(32)31-16-15-23-13-9-10-14-27(23)33-4/h6-14,17-19H,5,15-16H2,1-4H3,(H,31,32)/b20-17+. The molecule has 0 radical (unpaired) electrons. The van der Waals surface area contributed by atoms with E-state index in [0.717, 1.165) is 55.9 Å². The number of rotatable bonds is 9. The molecule has 0 saturated heterocycles. The van der Waals surface area contributed by atoms with Gasteiger partial charge < -0.3 is 19.2 Å². The van der Waals surface area contributed by atoms with E-state index < -0.39 is 0 Å². The fourth-order valence-corrected chi connectivity index (χ4v) is 4.34. The van der Waals surface area contributed by atoms with Gasteiger partial charge in [-0.3, -0.25) is 4.79 Å². The quantitative estimate of drug-likeness (QED) is 0.281. The van der Waals surface area contributed by atoms with Crippen molar-refractivity contribution in [2.24, 2.45) is 0 Å². The lowest BCUT2D eigenvalue weighted by Crippen LogP contribution is -2.24. The van der Waals surface area contributed by atoms with E-state index in [1.54, 1.807) is 19.4 Å². The van der Waals surface area contributed by atoms with Gasteiger partial charge in [-0.15, -0.1) is 0 Å². The molecule has 0 aliphatic heterocycles. The lowest BCUT2D eigenvalue weighted by Gasteiger charge is -2.15. The SMILES string of the molecule is CCOc1c(/C(C)=C/C(=O)NCCc2ccccc2OC)cc2c(-c3ccccc3)coc2c1C. The summed E-state index contributed by atoms with van der Waals surface area (Å²) in [7, 11) is 1.65. The monoisotopic (exact) mass is 469 g/mol. The summed E-state index contributed by atoms with van der Waals surface area (Å²) in [6.07, 6.45) is 4.11.